The Balaban J connectivity index is 0.000000569. The lowest BCUT2D eigenvalue weighted by atomic mass is 9.95. The van der Waals surface area contributed by atoms with Crippen molar-refractivity contribution in [1.29, 1.82) is 0 Å². The van der Waals surface area contributed by atoms with E-state index >= 15 is 0 Å². The monoisotopic (exact) mass is 582 g/mol. The van der Waals surface area contributed by atoms with E-state index in [-0.39, 0.29) is 30.0 Å². The number of nitrogens with one attached hydrogen (secondary N) is 1. The Labute approximate surface area is 242 Å². The number of halogens is 4. The number of aliphatic imine (C=N–C) groups is 2. The summed E-state index contributed by atoms with van der Waals surface area (Å²) in [6.07, 6.45) is -1.02. The molecule has 1 saturated heterocycles. The molecule has 1 aromatic heterocycles. The van der Waals surface area contributed by atoms with E-state index in [0.717, 1.165) is 37.8 Å². The maximum atomic E-state index is 13.2. The molecule has 0 unspecified atom stereocenters. The van der Waals surface area contributed by atoms with Crippen LogP contribution >= 0.6 is 12.4 Å². The maximum Gasteiger partial charge on any atom is 0.419 e. The van der Waals surface area contributed by atoms with Crippen LogP contribution in [0.1, 0.15) is 57.1 Å². The van der Waals surface area contributed by atoms with Crippen molar-refractivity contribution >= 4 is 35.8 Å². The van der Waals surface area contributed by atoms with Gasteiger partial charge in [0.25, 0.3) is 0 Å². The summed E-state index contributed by atoms with van der Waals surface area (Å²) >= 11 is 0. The summed E-state index contributed by atoms with van der Waals surface area (Å²) in [7, 11) is 4.12. The molecule has 1 aliphatic heterocycles. The number of hydrogen-bond donors (Lipinski definition) is 1. The van der Waals surface area contributed by atoms with E-state index in [2.05, 4.69) is 59.1 Å². The number of pyridine rings is 1. The average molecular weight is 583 g/mol. The summed E-state index contributed by atoms with van der Waals surface area (Å²) in [6.45, 7) is 9.60. The molecule has 0 bridgehead atoms. The fourth-order valence-corrected chi connectivity index (χ4v) is 4.06. The van der Waals surface area contributed by atoms with E-state index in [0.29, 0.717) is 31.8 Å². The number of carbonyl (C=O) groups excluding carboxylic acids is 1. The molecule has 1 N–H and O–H groups in total. The number of benzene rings is 1. The van der Waals surface area contributed by atoms with Crippen molar-refractivity contribution in [3.8, 4) is 0 Å². The molecule has 3 rings (SSSR count). The predicted molar refractivity (Wildman–Crippen MR) is 159 cm³/mol. The minimum atomic E-state index is -4.44. The van der Waals surface area contributed by atoms with Gasteiger partial charge in [0, 0.05) is 37.4 Å². The van der Waals surface area contributed by atoms with Crippen LogP contribution in [0.25, 0.3) is 0 Å². The maximum absolute atomic E-state index is 13.2. The molecular formula is C29H42ClF3N6O. The van der Waals surface area contributed by atoms with Gasteiger partial charge in [0.05, 0.1) is 18.1 Å². The van der Waals surface area contributed by atoms with Gasteiger partial charge in [0.15, 0.2) is 0 Å². The van der Waals surface area contributed by atoms with E-state index in [9.17, 15) is 18.0 Å². The van der Waals surface area contributed by atoms with E-state index in [1.54, 1.807) is 4.90 Å². The first-order chi connectivity index (χ1) is 18.5. The highest BCUT2D eigenvalue weighted by atomic mass is 35.5. The molecule has 11 heteroatoms. The van der Waals surface area contributed by atoms with Crippen LogP contribution in [0.5, 0.6) is 0 Å². The van der Waals surface area contributed by atoms with Crippen molar-refractivity contribution in [1.82, 2.24) is 9.88 Å². The molecule has 0 spiro atoms. The van der Waals surface area contributed by atoms with Crippen LogP contribution in [0.3, 0.4) is 0 Å². The quantitative estimate of drug-likeness (QED) is 0.266. The molecule has 7 nitrogen and oxygen atoms in total. The Morgan fingerprint density at radius 1 is 1.15 bits per heavy atom. The number of piperidine rings is 1. The standard InChI is InChI=1S/C21H24F3N3O.C8H17N3.ClH/c1-14(2)15-5-7-17(8-6-15)26-20(28)16-9-12-27(13-10-16)19-18(21(22,23)24)4-3-11-25-19;1-4-9-8-10-6-5-7-11(2)3;/h3-8,11,14,16H,9-10,12-13H2,1-2H3,(H,26,28);4-7H2,1-3H3;1H. The minimum Gasteiger partial charge on any atom is -0.356 e. The highest BCUT2D eigenvalue weighted by Crippen LogP contribution is 2.36. The van der Waals surface area contributed by atoms with Crippen LogP contribution in [-0.4, -0.2) is 68.6 Å². The van der Waals surface area contributed by atoms with Gasteiger partial charge < -0.3 is 15.1 Å². The molecule has 0 radical (unpaired) electrons. The summed E-state index contributed by atoms with van der Waals surface area (Å²) in [5, 5.41) is 2.91. The topological polar surface area (TPSA) is 73.2 Å². The SMILES string of the molecule is CC(C)c1ccc(NC(=O)C2CCN(c3ncccc3C(F)(F)F)CC2)cc1.CCN=C=NCCCN(C)C.Cl. The van der Waals surface area contributed by atoms with Gasteiger partial charge in [0.2, 0.25) is 5.91 Å². The summed E-state index contributed by atoms with van der Waals surface area (Å²) in [4.78, 5) is 28.1. The van der Waals surface area contributed by atoms with Gasteiger partial charge in [-0.3, -0.25) is 4.79 Å². The lowest BCUT2D eigenvalue weighted by Gasteiger charge is -2.33. The summed E-state index contributed by atoms with van der Waals surface area (Å²) < 4.78 is 39.6. The summed E-state index contributed by atoms with van der Waals surface area (Å²) in [6, 6.07) is 12.7. The van der Waals surface area contributed by atoms with Crippen LogP contribution in [0.15, 0.2) is 52.6 Å². The molecular weight excluding hydrogens is 541 g/mol. The van der Waals surface area contributed by atoms with Crippen LogP contribution in [-0.2, 0) is 11.0 Å². The van der Waals surface area contributed by atoms with Gasteiger partial charge in [-0.15, -0.1) is 12.4 Å². The fourth-order valence-electron chi connectivity index (χ4n) is 4.06. The first kappa shape index (κ1) is 35.1. The Morgan fingerprint density at radius 3 is 2.35 bits per heavy atom. The lowest BCUT2D eigenvalue weighted by molar-refractivity contribution is -0.137. The van der Waals surface area contributed by atoms with Gasteiger partial charge in [-0.2, -0.15) is 13.2 Å². The van der Waals surface area contributed by atoms with E-state index in [1.807, 2.05) is 31.2 Å². The first-order valence-electron chi connectivity index (χ1n) is 13.4. The highest BCUT2D eigenvalue weighted by molar-refractivity contribution is 5.92. The molecule has 2 aromatic rings. The van der Waals surface area contributed by atoms with Gasteiger partial charge >= 0.3 is 6.18 Å². The van der Waals surface area contributed by atoms with Gasteiger partial charge in [-0.1, -0.05) is 26.0 Å². The number of amides is 1. The van der Waals surface area contributed by atoms with Crippen LogP contribution in [0.2, 0.25) is 0 Å². The Morgan fingerprint density at radius 2 is 1.80 bits per heavy atom. The fraction of sp³-hybridized carbons (Fsp3) is 0.552. The number of aromatic nitrogens is 1. The predicted octanol–water partition coefficient (Wildman–Crippen LogP) is 6.63. The molecule has 222 valence electrons. The number of rotatable bonds is 9. The molecule has 1 fully saturated rings. The molecule has 2 heterocycles. The van der Waals surface area contributed by atoms with Crippen molar-refractivity contribution < 1.29 is 18.0 Å². The molecule has 0 saturated carbocycles. The average Bonchev–Trinajstić information content (AvgIpc) is 2.91. The third kappa shape index (κ3) is 12.1. The zero-order valence-corrected chi connectivity index (χ0v) is 24.9. The van der Waals surface area contributed by atoms with Crippen molar-refractivity contribution in [2.45, 2.75) is 52.1 Å². The molecule has 0 atom stereocenters. The molecule has 0 aliphatic carbocycles. The van der Waals surface area contributed by atoms with Gasteiger partial charge in [-0.25, -0.2) is 15.0 Å². The van der Waals surface area contributed by atoms with Crippen LogP contribution in [0, 0.1) is 5.92 Å². The third-order valence-electron chi connectivity index (χ3n) is 6.28. The van der Waals surface area contributed by atoms with Crippen molar-refractivity contribution in [2.75, 3.05) is 57.0 Å². The second-order valence-electron chi connectivity index (χ2n) is 10.0. The number of nitrogens with zero attached hydrogens (tertiary/aromatic N) is 5. The molecule has 1 aliphatic rings. The van der Waals surface area contributed by atoms with E-state index < -0.39 is 11.7 Å². The second kappa shape index (κ2) is 17.7. The number of carbonyl (C=O) groups is 1. The summed E-state index contributed by atoms with van der Waals surface area (Å²) in [5.41, 5.74) is 1.20. The van der Waals surface area contributed by atoms with Crippen LogP contribution < -0.4 is 10.2 Å². The molecule has 40 heavy (non-hydrogen) atoms. The zero-order valence-electron chi connectivity index (χ0n) is 24.0. The Bertz CT molecular complexity index is 1080. The molecule has 1 aromatic carbocycles. The zero-order chi connectivity index (χ0) is 28.8. The summed E-state index contributed by atoms with van der Waals surface area (Å²) in [5.74, 6) is 0.0495. The van der Waals surface area contributed by atoms with Crippen LogP contribution in [0.4, 0.5) is 24.7 Å². The Kier molecular flexibility index (Phi) is 15.5. The second-order valence-corrected chi connectivity index (χ2v) is 10.0. The number of hydrogen-bond acceptors (Lipinski definition) is 6. The molecule has 1 amide bonds. The normalized spacial score (nSPS) is 13.6. The van der Waals surface area contributed by atoms with Crippen molar-refractivity contribution in [3.05, 3.63) is 53.7 Å². The minimum absolute atomic E-state index is 0. The van der Waals surface area contributed by atoms with E-state index in [1.165, 1.54) is 17.8 Å². The Hall–Kier alpha value is -2.94. The first-order valence-corrected chi connectivity index (χ1v) is 13.4. The van der Waals surface area contributed by atoms with Gasteiger partial charge in [-0.05, 0) is 82.6 Å². The lowest BCUT2D eigenvalue weighted by Crippen LogP contribution is -2.39. The van der Waals surface area contributed by atoms with Crippen molar-refractivity contribution in [3.63, 3.8) is 0 Å². The number of alkyl halides is 3. The van der Waals surface area contributed by atoms with Gasteiger partial charge in [0.1, 0.15) is 5.82 Å². The largest absolute Gasteiger partial charge is 0.419 e. The number of anilines is 2. The van der Waals surface area contributed by atoms with Crippen molar-refractivity contribution in [2.24, 2.45) is 15.9 Å². The smallest absolute Gasteiger partial charge is 0.356 e. The third-order valence-corrected chi connectivity index (χ3v) is 6.28. The van der Waals surface area contributed by atoms with E-state index in [4.69, 9.17) is 0 Å². The highest BCUT2D eigenvalue weighted by Gasteiger charge is 2.37.